The molecule has 2 unspecified atom stereocenters. The van der Waals surface area contributed by atoms with Gasteiger partial charge in [-0.3, -0.25) is 0 Å². The van der Waals surface area contributed by atoms with Crippen LogP contribution in [0.4, 0.5) is 0 Å². The second kappa shape index (κ2) is 12.4. The normalized spacial score (nSPS) is 17.6. The lowest BCUT2D eigenvalue weighted by molar-refractivity contribution is -0.101. The van der Waals surface area contributed by atoms with E-state index in [1.807, 2.05) is 0 Å². The average molecular weight is 377 g/mol. The molecule has 0 heterocycles. The fourth-order valence-electron chi connectivity index (χ4n) is 3.93. The maximum absolute atomic E-state index is 6.15. The third-order valence-corrected chi connectivity index (χ3v) is 5.22. The highest BCUT2D eigenvalue weighted by molar-refractivity contribution is 5.29. The molecule has 1 aliphatic rings. The van der Waals surface area contributed by atoms with Crippen LogP contribution in [-0.2, 0) is 4.74 Å². The van der Waals surface area contributed by atoms with E-state index in [1.54, 1.807) is 7.11 Å². The summed E-state index contributed by atoms with van der Waals surface area (Å²) in [4.78, 5) is 0. The van der Waals surface area contributed by atoms with E-state index in [0.29, 0.717) is 17.3 Å². The maximum atomic E-state index is 6.15. The number of hydrogen-bond donors (Lipinski definition) is 0. The van der Waals surface area contributed by atoms with Crippen molar-refractivity contribution in [2.24, 2.45) is 11.3 Å². The molecule has 1 aliphatic carbocycles. The van der Waals surface area contributed by atoms with Gasteiger partial charge in [0.2, 0.25) is 6.29 Å². The molecule has 0 saturated heterocycles. The van der Waals surface area contributed by atoms with Gasteiger partial charge in [-0.25, -0.2) is 0 Å². The Bertz CT molecular complexity index is 480. The van der Waals surface area contributed by atoms with Crippen LogP contribution in [0.25, 0.3) is 0 Å². The van der Waals surface area contributed by atoms with Crippen molar-refractivity contribution in [3.8, 4) is 5.75 Å². The molecule has 0 N–H and O–H groups in total. The lowest BCUT2D eigenvalue weighted by Gasteiger charge is -2.29. The van der Waals surface area contributed by atoms with E-state index in [-0.39, 0.29) is 6.29 Å². The molecule has 2 rings (SSSR count). The van der Waals surface area contributed by atoms with Crippen LogP contribution >= 0.6 is 0 Å². The molecule has 0 spiro atoms. The minimum absolute atomic E-state index is 0.104. The Labute approximate surface area is 169 Å². The van der Waals surface area contributed by atoms with Gasteiger partial charge in [-0.1, -0.05) is 79.4 Å². The van der Waals surface area contributed by atoms with E-state index in [1.165, 1.54) is 56.9 Å². The molecular weight excluding hydrogens is 332 g/mol. The number of ether oxygens (including phenoxy) is 2. The van der Waals surface area contributed by atoms with E-state index in [4.69, 9.17) is 9.47 Å². The third-order valence-electron chi connectivity index (χ3n) is 5.22. The first-order chi connectivity index (χ1) is 12.8. The predicted octanol–water partition coefficient (Wildman–Crippen LogP) is 7.96. The number of rotatable bonds is 7. The van der Waals surface area contributed by atoms with Gasteiger partial charge < -0.3 is 9.47 Å². The van der Waals surface area contributed by atoms with Gasteiger partial charge in [-0.2, -0.15) is 0 Å². The van der Waals surface area contributed by atoms with Crippen molar-refractivity contribution in [2.75, 3.05) is 7.11 Å². The SMILES string of the molecule is CCC.CCC(CC(C)(C)C)c1ccc(OC(OC)C2CCCCC2)cc1. The second-order valence-corrected chi connectivity index (χ2v) is 9.27. The first-order valence-corrected chi connectivity index (χ1v) is 11.1. The minimum atomic E-state index is -0.104. The molecule has 1 saturated carbocycles. The quantitative estimate of drug-likeness (QED) is 0.449. The van der Waals surface area contributed by atoms with Gasteiger partial charge in [0.1, 0.15) is 5.75 Å². The molecule has 0 bridgehead atoms. The van der Waals surface area contributed by atoms with Crippen molar-refractivity contribution in [1.82, 2.24) is 0 Å². The molecule has 0 radical (unpaired) electrons. The first-order valence-electron chi connectivity index (χ1n) is 11.1. The molecule has 1 aromatic rings. The summed E-state index contributed by atoms with van der Waals surface area (Å²) in [5, 5.41) is 0. The molecule has 27 heavy (non-hydrogen) atoms. The lowest BCUT2D eigenvalue weighted by Crippen LogP contribution is -2.30. The molecule has 1 fully saturated rings. The zero-order valence-corrected chi connectivity index (χ0v) is 19.0. The highest BCUT2D eigenvalue weighted by Crippen LogP contribution is 2.34. The van der Waals surface area contributed by atoms with Crippen LogP contribution in [0.3, 0.4) is 0 Å². The van der Waals surface area contributed by atoms with Crippen molar-refractivity contribution < 1.29 is 9.47 Å². The van der Waals surface area contributed by atoms with Gasteiger partial charge in [0.25, 0.3) is 0 Å². The first kappa shape index (κ1) is 24.0. The Morgan fingerprint density at radius 1 is 0.963 bits per heavy atom. The molecule has 156 valence electrons. The average Bonchev–Trinajstić information content (AvgIpc) is 2.65. The van der Waals surface area contributed by atoms with Crippen LogP contribution in [0.15, 0.2) is 24.3 Å². The van der Waals surface area contributed by atoms with E-state index in [9.17, 15) is 0 Å². The summed E-state index contributed by atoms with van der Waals surface area (Å²) in [5.74, 6) is 2.09. The summed E-state index contributed by atoms with van der Waals surface area (Å²) in [6, 6.07) is 8.72. The van der Waals surface area contributed by atoms with Crippen molar-refractivity contribution in [3.05, 3.63) is 29.8 Å². The largest absolute Gasteiger partial charge is 0.465 e. The minimum Gasteiger partial charge on any atom is -0.465 e. The Balaban J connectivity index is 0.00000114. The summed E-state index contributed by atoms with van der Waals surface area (Å²) in [7, 11) is 1.77. The summed E-state index contributed by atoms with van der Waals surface area (Å²) in [6.45, 7) is 13.5. The standard InChI is InChI=1S/C22H36O2.C3H8/c1-6-17(16-22(2,3)4)18-12-14-20(15-13-18)24-21(23-5)19-10-8-7-9-11-19;1-3-2/h12-15,17,19,21H,6-11,16H2,1-5H3;3H2,1-2H3. The Kier molecular flexibility index (Phi) is 11.1. The highest BCUT2D eigenvalue weighted by Gasteiger charge is 2.25. The van der Waals surface area contributed by atoms with Gasteiger partial charge in [0.05, 0.1) is 0 Å². The third kappa shape index (κ3) is 9.14. The number of methoxy groups -OCH3 is 1. The van der Waals surface area contributed by atoms with E-state index in [0.717, 1.165) is 5.75 Å². The smallest absolute Gasteiger partial charge is 0.202 e. The van der Waals surface area contributed by atoms with Gasteiger partial charge in [0.15, 0.2) is 0 Å². The van der Waals surface area contributed by atoms with Crippen LogP contribution in [0.1, 0.15) is 104 Å². The molecular formula is C25H44O2. The van der Waals surface area contributed by atoms with Crippen molar-refractivity contribution >= 4 is 0 Å². The van der Waals surface area contributed by atoms with Gasteiger partial charge in [0, 0.05) is 13.0 Å². The highest BCUT2D eigenvalue weighted by atomic mass is 16.7. The van der Waals surface area contributed by atoms with Crippen molar-refractivity contribution in [1.29, 1.82) is 0 Å². The van der Waals surface area contributed by atoms with Crippen LogP contribution in [0, 0.1) is 11.3 Å². The van der Waals surface area contributed by atoms with Crippen molar-refractivity contribution in [3.63, 3.8) is 0 Å². The Hall–Kier alpha value is -1.02. The summed E-state index contributed by atoms with van der Waals surface area (Å²) < 4.78 is 11.8. The maximum Gasteiger partial charge on any atom is 0.202 e. The zero-order chi connectivity index (χ0) is 20.3. The van der Waals surface area contributed by atoms with Crippen LogP contribution < -0.4 is 4.74 Å². The fraction of sp³-hybridized carbons (Fsp3) is 0.760. The zero-order valence-electron chi connectivity index (χ0n) is 19.0. The Morgan fingerprint density at radius 3 is 1.96 bits per heavy atom. The predicted molar refractivity (Wildman–Crippen MR) is 118 cm³/mol. The van der Waals surface area contributed by atoms with Crippen LogP contribution in [0.2, 0.25) is 0 Å². The number of benzene rings is 1. The van der Waals surface area contributed by atoms with E-state index < -0.39 is 0 Å². The monoisotopic (exact) mass is 376 g/mol. The molecule has 0 amide bonds. The summed E-state index contributed by atoms with van der Waals surface area (Å²) in [5.41, 5.74) is 1.78. The van der Waals surface area contributed by atoms with Gasteiger partial charge >= 0.3 is 0 Å². The van der Waals surface area contributed by atoms with E-state index >= 15 is 0 Å². The second-order valence-electron chi connectivity index (χ2n) is 9.27. The Morgan fingerprint density at radius 2 is 1.52 bits per heavy atom. The summed E-state index contributed by atoms with van der Waals surface area (Å²) in [6.07, 6.45) is 9.95. The molecule has 0 aliphatic heterocycles. The summed E-state index contributed by atoms with van der Waals surface area (Å²) >= 11 is 0. The van der Waals surface area contributed by atoms with Gasteiger partial charge in [-0.05, 0) is 54.7 Å². The molecule has 2 heteroatoms. The molecule has 0 aromatic heterocycles. The lowest BCUT2D eigenvalue weighted by atomic mass is 9.80. The van der Waals surface area contributed by atoms with Crippen LogP contribution in [0.5, 0.6) is 5.75 Å². The van der Waals surface area contributed by atoms with E-state index in [2.05, 4.69) is 65.8 Å². The number of hydrogen-bond acceptors (Lipinski definition) is 2. The van der Waals surface area contributed by atoms with Gasteiger partial charge in [-0.15, -0.1) is 0 Å². The molecule has 2 atom stereocenters. The topological polar surface area (TPSA) is 18.5 Å². The molecule has 1 aromatic carbocycles. The van der Waals surface area contributed by atoms with Crippen molar-refractivity contribution in [2.45, 2.75) is 105 Å². The van der Waals surface area contributed by atoms with Crippen LogP contribution in [-0.4, -0.2) is 13.4 Å². The molecule has 2 nitrogen and oxygen atoms in total. The fourth-order valence-corrected chi connectivity index (χ4v) is 3.93.